The topological polar surface area (TPSA) is 17.3 Å². The van der Waals surface area contributed by atoms with Gasteiger partial charge < -0.3 is 0 Å². The highest BCUT2D eigenvalue weighted by Gasteiger charge is 2.31. The van der Waals surface area contributed by atoms with Gasteiger partial charge in [0.25, 0.3) is 0 Å². The first-order valence-corrected chi connectivity index (χ1v) is 10.4. The van der Waals surface area contributed by atoms with Crippen molar-refractivity contribution in [3.8, 4) is 11.1 Å². The summed E-state index contributed by atoms with van der Waals surface area (Å²) in [5.41, 5.74) is 8.67. The number of hydrogen-bond donors (Lipinski definition) is 0. The van der Waals surface area contributed by atoms with Gasteiger partial charge >= 0.3 is 0 Å². The Kier molecular flexibility index (Phi) is 3.09. The third-order valence-corrected chi connectivity index (χ3v) is 6.48. The van der Waals surface area contributed by atoms with Crippen LogP contribution in [0.3, 0.4) is 0 Å². The SMILES string of the molecule is c1ccc2c(c1)-c1ccccc1C2c1cn2c3ccccc3c3ccccc3c2n1. The molecule has 2 nitrogen and oxygen atoms in total. The second kappa shape index (κ2) is 5.80. The van der Waals surface area contributed by atoms with E-state index in [1.165, 1.54) is 43.9 Å². The highest BCUT2D eigenvalue weighted by atomic mass is 15.0. The second-order valence-corrected chi connectivity index (χ2v) is 8.03. The van der Waals surface area contributed by atoms with E-state index in [4.69, 9.17) is 4.98 Å². The van der Waals surface area contributed by atoms with Crippen LogP contribution in [0.2, 0.25) is 0 Å². The summed E-state index contributed by atoms with van der Waals surface area (Å²) in [6, 6.07) is 34.7. The van der Waals surface area contributed by atoms with Gasteiger partial charge in [-0.3, -0.25) is 4.40 Å². The lowest BCUT2D eigenvalue weighted by molar-refractivity contribution is 0.967. The molecule has 2 aromatic heterocycles. The molecule has 1 aliphatic rings. The molecule has 30 heavy (non-hydrogen) atoms. The molecule has 6 aromatic rings. The number of fused-ring (bicyclic) bond motifs is 9. The highest BCUT2D eigenvalue weighted by molar-refractivity contribution is 6.11. The standard InChI is InChI=1S/C28H18N2/c1-4-13-22-18(9-1)19-10-2-5-14-23(19)27(22)25-17-30-26-16-8-7-12-21(26)20-11-3-6-15-24(20)28(30)29-25/h1-17,27H. The number of pyridine rings is 1. The van der Waals surface area contributed by atoms with E-state index in [0.717, 1.165) is 11.3 Å². The smallest absolute Gasteiger partial charge is 0.145 e. The van der Waals surface area contributed by atoms with Gasteiger partial charge in [0.15, 0.2) is 0 Å². The van der Waals surface area contributed by atoms with E-state index in [9.17, 15) is 0 Å². The summed E-state index contributed by atoms with van der Waals surface area (Å²) in [5.74, 6) is 0.162. The molecule has 0 aliphatic heterocycles. The molecule has 1 aliphatic carbocycles. The van der Waals surface area contributed by atoms with Crippen LogP contribution in [0.4, 0.5) is 0 Å². The van der Waals surface area contributed by atoms with Crippen molar-refractivity contribution in [2.75, 3.05) is 0 Å². The average molecular weight is 382 g/mol. The Labute approximate surface area is 174 Å². The third kappa shape index (κ3) is 2.00. The first-order valence-electron chi connectivity index (χ1n) is 10.4. The van der Waals surface area contributed by atoms with Crippen molar-refractivity contribution in [2.45, 2.75) is 5.92 Å². The zero-order valence-electron chi connectivity index (χ0n) is 16.3. The van der Waals surface area contributed by atoms with Crippen LogP contribution in [-0.2, 0) is 0 Å². The van der Waals surface area contributed by atoms with Gasteiger partial charge in [-0.2, -0.15) is 0 Å². The van der Waals surface area contributed by atoms with Gasteiger partial charge in [0.05, 0.1) is 17.1 Å². The third-order valence-electron chi connectivity index (χ3n) is 6.48. The predicted octanol–water partition coefficient (Wildman–Crippen LogP) is 6.80. The normalized spacial score (nSPS) is 13.2. The van der Waals surface area contributed by atoms with E-state index in [1.807, 2.05) is 0 Å². The van der Waals surface area contributed by atoms with Crippen molar-refractivity contribution in [3.05, 3.63) is 120 Å². The predicted molar refractivity (Wildman–Crippen MR) is 123 cm³/mol. The van der Waals surface area contributed by atoms with Gasteiger partial charge in [0, 0.05) is 17.0 Å². The number of imidazole rings is 1. The first kappa shape index (κ1) is 15.9. The van der Waals surface area contributed by atoms with E-state index in [2.05, 4.69) is 108 Å². The summed E-state index contributed by atoms with van der Waals surface area (Å²) < 4.78 is 2.27. The van der Waals surface area contributed by atoms with Crippen LogP contribution in [0.1, 0.15) is 22.7 Å². The maximum absolute atomic E-state index is 5.23. The molecule has 0 fully saturated rings. The van der Waals surface area contributed by atoms with Gasteiger partial charge in [-0.25, -0.2) is 4.98 Å². The maximum Gasteiger partial charge on any atom is 0.145 e. The molecule has 0 radical (unpaired) electrons. The fourth-order valence-electron chi connectivity index (χ4n) is 5.21. The van der Waals surface area contributed by atoms with Crippen LogP contribution in [-0.4, -0.2) is 9.38 Å². The maximum atomic E-state index is 5.23. The Bertz CT molecular complexity index is 1490. The molecule has 0 spiro atoms. The molecular formula is C28H18N2. The van der Waals surface area contributed by atoms with Crippen molar-refractivity contribution >= 4 is 27.3 Å². The summed E-state index contributed by atoms with van der Waals surface area (Å²) in [5, 5.41) is 3.71. The fraction of sp³-hybridized carbons (Fsp3) is 0.0357. The lowest BCUT2D eigenvalue weighted by Gasteiger charge is -2.10. The molecule has 0 N–H and O–H groups in total. The average Bonchev–Trinajstić information content (AvgIpc) is 3.39. The number of aromatic nitrogens is 2. The number of nitrogens with zero attached hydrogens (tertiary/aromatic N) is 2. The molecule has 2 heterocycles. The van der Waals surface area contributed by atoms with Crippen LogP contribution >= 0.6 is 0 Å². The summed E-state index contributed by atoms with van der Waals surface area (Å²) in [4.78, 5) is 5.23. The summed E-state index contributed by atoms with van der Waals surface area (Å²) in [6.45, 7) is 0. The minimum absolute atomic E-state index is 0.162. The zero-order chi connectivity index (χ0) is 19.7. The van der Waals surface area contributed by atoms with Gasteiger partial charge in [-0.1, -0.05) is 91.0 Å². The molecule has 140 valence electrons. The molecule has 0 bridgehead atoms. The molecule has 0 amide bonds. The number of benzene rings is 4. The fourth-order valence-corrected chi connectivity index (χ4v) is 5.21. The Balaban J connectivity index is 1.60. The molecule has 0 atom stereocenters. The van der Waals surface area contributed by atoms with E-state index in [1.54, 1.807) is 0 Å². The van der Waals surface area contributed by atoms with E-state index in [-0.39, 0.29) is 5.92 Å². The minimum Gasteiger partial charge on any atom is -0.299 e. The summed E-state index contributed by atoms with van der Waals surface area (Å²) >= 11 is 0. The van der Waals surface area contributed by atoms with Crippen LogP contribution in [0.25, 0.3) is 38.4 Å². The lowest BCUT2D eigenvalue weighted by atomic mass is 9.94. The lowest BCUT2D eigenvalue weighted by Crippen LogP contribution is -1.99. The largest absolute Gasteiger partial charge is 0.299 e. The molecule has 4 aromatic carbocycles. The van der Waals surface area contributed by atoms with Crippen molar-refractivity contribution in [3.63, 3.8) is 0 Å². The van der Waals surface area contributed by atoms with Crippen LogP contribution in [0.15, 0.2) is 103 Å². The molecule has 2 heteroatoms. The zero-order valence-corrected chi connectivity index (χ0v) is 16.3. The van der Waals surface area contributed by atoms with Crippen molar-refractivity contribution < 1.29 is 0 Å². The molecule has 7 rings (SSSR count). The Morgan fingerprint density at radius 1 is 0.567 bits per heavy atom. The van der Waals surface area contributed by atoms with Crippen molar-refractivity contribution in [2.24, 2.45) is 0 Å². The molecule has 0 unspecified atom stereocenters. The molecule has 0 saturated heterocycles. The Morgan fingerprint density at radius 3 is 1.87 bits per heavy atom. The Hall–Kier alpha value is -3.91. The van der Waals surface area contributed by atoms with Crippen LogP contribution in [0.5, 0.6) is 0 Å². The van der Waals surface area contributed by atoms with E-state index < -0.39 is 0 Å². The van der Waals surface area contributed by atoms with Crippen LogP contribution in [0, 0.1) is 0 Å². The molecule has 0 saturated carbocycles. The van der Waals surface area contributed by atoms with Gasteiger partial charge in [0.1, 0.15) is 5.65 Å². The minimum atomic E-state index is 0.162. The van der Waals surface area contributed by atoms with Gasteiger partial charge in [-0.15, -0.1) is 0 Å². The van der Waals surface area contributed by atoms with Crippen LogP contribution < -0.4 is 0 Å². The first-order chi connectivity index (χ1) is 14.9. The quantitative estimate of drug-likeness (QED) is 0.285. The van der Waals surface area contributed by atoms with E-state index in [0.29, 0.717) is 0 Å². The number of rotatable bonds is 1. The van der Waals surface area contributed by atoms with Crippen molar-refractivity contribution in [1.82, 2.24) is 9.38 Å². The van der Waals surface area contributed by atoms with Gasteiger partial charge in [-0.05, 0) is 33.7 Å². The summed E-state index contributed by atoms with van der Waals surface area (Å²) in [7, 11) is 0. The number of para-hydroxylation sites is 1. The molecular weight excluding hydrogens is 364 g/mol. The van der Waals surface area contributed by atoms with E-state index >= 15 is 0 Å². The van der Waals surface area contributed by atoms with Gasteiger partial charge in [0.2, 0.25) is 0 Å². The van der Waals surface area contributed by atoms with Crippen molar-refractivity contribution in [1.29, 1.82) is 0 Å². The summed E-state index contributed by atoms with van der Waals surface area (Å²) in [6.07, 6.45) is 2.24. The second-order valence-electron chi connectivity index (χ2n) is 8.03. The highest BCUT2D eigenvalue weighted by Crippen LogP contribution is 2.47. The monoisotopic (exact) mass is 382 g/mol. The number of hydrogen-bond acceptors (Lipinski definition) is 1. The Morgan fingerprint density at radius 2 is 1.13 bits per heavy atom.